The predicted molar refractivity (Wildman–Crippen MR) is 73.0 cm³/mol. The first-order chi connectivity index (χ1) is 8.62. The molecule has 3 atom stereocenters. The third-order valence-corrected chi connectivity index (χ3v) is 5.34. The summed E-state index contributed by atoms with van der Waals surface area (Å²) in [4.78, 5) is 4.65. The van der Waals surface area contributed by atoms with Crippen LogP contribution in [0.15, 0.2) is 4.52 Å². The van der Waals surface area contributed by atoms with Crippen LogP contribution in [-0.2, 0) is 0 Å². The van der Waals surface area contributed by atoms with Crippen LogP contribution < -0.4 is 5.32 Å². The summed E-state index contributed by atoms with van der Waals surface area (Å²) in [5, 5.41) is 7.70. The van der Waals surface area contributed by atoms with Gasteiger partial charge in [-0.2, -0.15) is 16.7 Å². The molecule has 1 aromatic rings. The van der Waals surface area contributed by atoms with Crippen molar-refractivity contribution < 1.29 is 4.52 Å². The van der Waals surface area contributed by atoms with Crippen molar-refractivity contribution in [2.24, 2.45) is 5.41 Å². The van der Waals surface area contributed by atoms with Gasteiger partial charge in [-0.1, -0.05) is 25.9 Å². The van der Waals surface area contributed by atoms with Crippen LogP contribution in [0.3, 0.4) is 0 Å². The molecule has 1 saturated heterocycles. The lowest BCUT2D eigenvalue weighted by molar-refractivity contribution is 0.336. The van der Waals surface area contributed by atoms with Crippen LogP contribution in [0.4, 0.5) is 0 Å². The van der Waals surface area contributed by atoms with Crippen LogP contribution in [0.5, 0.6) is 0 Å². The van der Waals surface area contributed by atoms with Gasteiger partial charge < -0.3 is 9.84 Å². The molecule has 3 unspecified atom stereocenters. The van der Waals surface area contributed by atoms with Crippen LogP contribution in [0.2, 0.25) is 0 Å². The van der Waals surface area contributed by atoms with E-state index in [2.05, 4.69) is 36.2 Å². The van der Waals surface area contributed by atoms with E-state index < -0.39 is 0 Å². The first-order valence-electron chi connectivity index (χ1n) is 6.76. The number of hydrogen-bond acceptors (Lipinski definition) is 5. The van der Waals surface area contributed by atoms with Crippen LogP contribution in [0, 0.1) is 5.41 Å². The fraction of sp³-hybridized carbons (Fsp3) is 0.846. The Morgan fingerprint density at radius 2 is 2.22 bits per heavy atom. The molecule has 1 aliphatic heterocycles. The third-order valence-electron chi connectivity index (χ3n) is 4.15. The molecular formula is C13H21N3OS. The first kappa shape index (κ1) is 12.5. The maximum Gasteiger partial charge on any atom is 0.232 e. The minimum atomic E-state index is 0.368. The molecule has 0 bridgehead atoms. The van der Waals surface area contributed by atoms with Gasteiger partial charge in [0.25, 0.3) is 0 Å². The molecule has 1 N–H and O–H groups in total. The second kappa shape index (κ2) is 4.53. The van der Waals surface area contributed by atoms with Crippen molar-refractivity contribution in [2.75, 3.05) is 18.1 Å². The average molecular weight is 267 g/mol. The number of nitrogens with zero attached hydrogens (tertiary/aromatic N) is 2. The highest BCUT2D eigenvalue weighted by molar-refractivity contribution is 7.99. The second-order valence-corrected chi connectivity index (χ2v) is 7.12. The molecule has 2 aliphatic rings. The normalized spacial score (nSPS) is 33.8. The van der Waals surface area contributed by atoms with E-state index in [0.717, 1.165) is 29.8 Å². The lowest BCUT2D eigenvalue weighted by atomic mass is 10.0. The fourth-order valence-corrected chi connectivity index (χ4v) is 4.08. The van der Waals surface area contributed by atoms with Gasteiger partial charge in [0, 0.05) is 23.5 Å². The van der Waals surface area contributed by atoms with Gasteiger partial charge in [0.2, 0.25) is 5.89 Å². The van der Waals surface area contributed by atoms with Crippen molar-refractivity contribution in [1.29, 1.82) is 0 Å². The second-order valence-electron chi connectivity index (χ2n) is 6.04. The lowest BCUT2D eigenvalue weighted by Gasteiger charge is -2.15. The van der Waals surface area contributed by atoms with Gasteiger partial charge in [-0.25, -0.2) is 0 Å². The number of rotatable bonds is 4. The summed E-state index contributed by atoms with van der Waals surface area (Å²) in [6.07, 6.45) is 1.18. The largest absolute Gasteiger partial charge is 0.339 e. The number of aromatic nitrogens is 2. The van der Waals surface area contributed by atoms with E-state index >= 15 is 0 Å². The van der Waals surface area contributed by atoms with E-state index in [-0.39, 0.29) is 0 Å². The number of thioether (sulfide) groups is 1. The average Bonchev–Trinajstić information content (AvgIpc) is 2.78. The van der Waals surface area contributed by atoms with Crippen molar-refractivity contribution in [1.82, 2.24) is 15.5 Å². The Balaban J connectivity index is 1.73. The van der Waals surface area contributed by atoms with Gasteiger partial charge >= 0.3 is 0 Å². The van der Waals surface area contributed by atoms with E-state index in [1.54, 1.807) is 0 Å². The van der Waals surface area contributed by atoms with Crippen molar-refractivity contribution in [3.05, 3.63) is 11.7 Å². The van der Waals surface area contributed by atoms with Crippen molar-refractivity contribution >= 4 is 11.8 Å². The van der Waals surface area contributed by atoms with E-state index in [4.69, 9.17) is 4.52 Å². The molecule has 1 aromatic heterocycles. The smallest absolute Gasteiger partial charge is 0.232 e. The quantitative estimate of drug-likeness (QED) is 0.907. The van der Waals surface area contributed by atoms with Gasteiger partial charge in [0.05, 0.1) is 5.92 Å². The number of nitrogens with one attached hydrogen (secondary N) is 1. The van der Waals surface area contributed by atoms with Gasteiger partial charge in [-0.3, -0.25) is 0 Å². The molecule has 5 heteroatoms. The van der Waals surface area contributed by atoms with Crippen molar-refractivity contribution in [3.63, 3.8) is 0 Å². The van der Waals surface area contributed by atoms with Gasteiger partial charge in [0.15, 0.2) is 5.82 Å². The molecule has 0 spiro atoms. The summed E-state index contributed by atoms with van der Waals surface area (Å²) in [6, 6.07) is 0.487. The Labute approximate surface area is 112 Å². The standard InChI is InChI=1S/C13H21N3OS/c1-4-14-10-7-18-6-8(10)12-15-11(16-17-12)9-5-13(9,2)3/h8-10,14H,4-7H2,1-3H3. The number of hydrogen-bond donors (Lipinski definition) is 1. The molecular weight excluding hydrogens is 246 g/mol. The monoisotopic (exact) mass is 267 g/mol. The third kappa shape index (κ3) is 2.18. The fourth-order valence-electron chi connectivity index (χ4n) is 2.71. The van der Waals surface area contributed by atoms with Gasteiger partial charge in [-0.05, 0) is 18.4 Å². The molecule has 18 heavy (non-hydrogen) atoms. The van der Waals surface area contributed by atoms with E-state index in [0.29, 0.717) is 23.3 Å². The van der Waals surface area contributed by atoms with E-state index in [9.17, 15) is 0 Å². The van der Waals surface area contributed by atoms with Crippen molar-refractivity contribution in [3.8, 4) is 0 Å². The van der Waals surface area contributed by atoms with E-state index in [1.807, 2.05) is 11.8 Å². The molecule has 3 rings (SSSR count). The first-order valence-corrected chi connectivity index (χ1v) is 7.92. The molecule has 2 heterocycles. The highest BCUT2D eigenvalue weighted by Crippen LogP contribution is 2.57. The lowest BCUT2D eigenvalue weighted by Crippen LogP contribution is -2.34. The molecule has 0 aromatic carbocycles. The Morgan fingerprint density at radius 1 is 1.44 bits per heavy atom. The molecule has 1 saturated carbocycles. The topological polar surface area (TPSA) is 51.0 Å². The molecule has 4 nitrogen and oxygen atoms in total. The van der Waals surface area contributed by atoms with Crippen LogP contribution in [0.25, 0.3) is 0 Å². The highest BCUT2D eigenvalue weighted by atomic mass is 32.2. The molecule has 100 valence electrons. The van der Waals surface area contributed by atoms with Gasteiger partial charge in [0.1, 0.15) is 0 Å². The molecule has 0 amide bonds. The Hall–Kier alpha value is -0.550. The maximum atomic E-state index is 5.51. The summed E-state index contributed by atoms with van der Waals surface area (Å²) >= 11 is 1.97. The molecule has 2 fully saturated rings. The maximum absolute atomic E-state index is 5.51. The zero-order valence-electron chi connectivity index (χ0n) is 11.3. The van der Waals surface area contributed by atoms with Crippen LogP contribution in [-0.4, -0.2) is 34.2 Å². The van der Waals surface area contributed by atoms with Gasteiger partial charge in [-0.15, -0.1) is 0 Å². The summed E-state index contributed by atoms with van der Waals surface area (Å²) in [6.45, 7) is 7.67. The Kier molecular flexibility index (Phi) is 3.14. The van der Waals surface area contributed by atoms with E-state index in [1.165, 1.54) is 6.42 Å². The predicted octanol–water partition coefficient (Wildman–Crippen LogP) is 2.39. The highest BCUT2D eigenvalue weighted by Gasteiger charge is 2.50. The minimum Gasteiger partial charge on any atom is -0.339 e. The van der Waals surface area contributed by atoms with Crippen LogP contribution >= 0.6 is 11.8 Å². The van der Waals surface area contributed by atoms with Crippen molar-refractivity contribution in [2.45, 2.75) is 45.1 Å². The summed E-state index contributed by atoms with van der Waals surface area (Å²) in [5.41, 5.74) is 0.368. The minimum absolute atomic E-state index is 0.368. The number of likely N-dealkylation sites (N-methyl/N-ethyl adjacent to an activating group) is 1. The zero-order valence-corrected chi connectivity index (χ0v) is 12.1. The Bertz CT molecular complexity index is 432. The summed E-state index contributed by atoms with van der Waals surface area (Å²) in [5.74, 6) is 4.88. The SMILES string of the molecule is CCNC1CSCC1c1nc(C2CC2(C)C)no1. The zero-order chi connectivity index (χ0) is 12.8. The molecule has 0 radical (unpaired) electrons. The Morgan fingerprint density at radius 3 is 2.89 bits per heavy atom. The summed E-state index contributed by atoms with van der Waals surface area (Å²) in [7, 11) is 0. The molecule has 1 aliphatic carbocycles. The van der Waals surface area contributed by atoms with Crippen LogP contribution in [0.1, 0.15) is 50.7 Å². The summed E-state index contributed by atoms with van der Waals surface area (Å²) < 4.78 is 5.51.